The van der Waals surface area contributed by atoms with Crippen LogP contribution in [0, 0.1) is 0 Å². The fraction of sp³-hybridized carbons (Fsp3) is 0.440. The molecule has 0 bridgehead atoms. The smallest absolute Gasteiger partial charge is 0.319 e. The number of carbonyl (C=O) groups is 2. The second kappa shape index (κ2) is 11.2. The summed E-state index contributed by atoms with van der Waals surface area (Å²) in [5.74, 6) is 0. The van der Waals surface area contributed by atoms with E-state index < -0.39 is 0 Å². The summed E-state index contributed by atoms with van der Waals surface area (Å²) >= 11 is 3.32. The molecule has 2 aromatic rings. The standard InChI is InChI=1S/C25H32N4O2S2/c1-3-28-14-10-19-20(24(33-22(19)17-28)29-12-6-7-13-29)16-26-25(31)27-23(11-15-30)32-21-9-5-4-8-18(21)2/h6-7,11-13,15H,3-5,8-10,14,16-17H2,1-2H3,(H2,26,27,31)/b23-11+. The Morgan fingerprint density at radius 2 is 2.00 bits per heavy atom. The number of amides is 2. The van der Waals surface area contributed by atoms with Crippen LogP contribution in [-0.2, 0) is 24.3 Å². The van der Waals surface area contributed by atoms with Crippen LogP contribution in [0.5, 0.6) is 0 Å². The molecule has 0 spiro atoms. The highest BCUT2D eigenvalue weighted by atomic mass is 32.2. The van der Waals surface area contributed by atoms with Gasteiger partial charge in [0, 0.05) is 48.5 Å². The van der Waals surface area contributed by atoms with Crippen LogP contribution in [0.4, 0.5) is 4.79 Å². The number of rotatable bonds is 8. The predicted octanol–water partition coefficient (Wildman–Crippen LogP) is 5.34. The van der Waals surface area contributed by atoms with Crippen LogP contribution in [0.2, 0.25) is 0 Å². The van der Waals surface area contributed by atoms with Gasteiger partial charge in [-0.15, -0.1) is 11.3 Å². The lowest BCUT2D eigenvalue weighted by molar-refractivity contribution is -0.104. The number of fused-ring (bicyclic) bond motifs is 1. The topological polar surface area (TPSA) is 66.4 Å². The summed E-state index contributed by atoms with van der Waals surface area (Å²) in [4.78, 5) is 29.1. The quantitative estimate of drug-likeness (QED) is 0.392. The van der Waals surface area contributed by atoms with E-state index in [1.54, 1.807) is 0 Å². The normalized spacial score (nSPS) is 17.1. The lowest BCUT2D eigenvalue weighted by atomic mass is 10.0. The minimum absolute atomic E-state index is 0.283. The number of nitrogens with one attached hydrogen (secondary N) is 2. The first kappa shape index (κ1) is 23.9. The van der Waals surface area contributed by atoms with Crippen molar-refractivity contribution in [3.8, 4) is 5.00 Å². The number of likely N-dealkylation sites (N-methyl/N-ethyl adjacent to an activating group) is 1. The molecule has 8 heteroatoms. The monoisotopic (exact) mass is 484 g/mol. The molecule has 0 aromatic carbocycles. The summed E-state index contributed by atoms with van der Waals surface area (Å²) < 4.78 is 2.14. The summed E-state index contributed by atoms with van der Waals surface area (Å²) in [6.45, 7) is 7.85. The molecular weight excluding hydrogens is 452 g/mol. The minimum Gasteiger partial charge on any atom is -0.334 e. The van der Waals surface area contributed by atoms with Crippen molar-refractivity contribution in [1.82, 2.24) is 20.1 Å². The fourth-order valence-electron chi connectivity index (χ4n) is 4.43. The number of hydrogen-bond donors (Lipinski definition) is 2. The Labute approximate surface area is 204 Å². The van der Waals surface area contributed by atoms with E-state index in [4.69, 9.17) is 0 Å². The maximum atomic E-state index is 12.8. The lowest BCUT2D eigenvalue weighted by Crippen LogP contribution is -2.35. The van der Waals surface area contributed by atoms with Gasteiger partial charge in [-0.05, 0) is 68.2 Å². The largest absolute Gasteiger partial charge is 0.334 e. The Morgan fingerprint density at radius 1 is 1.21 bits per heavy atom. The van der Waals surface area contributed by atoms with Gasteiger partial charge >= 0.3 is 6.03 Å². The number of thiophene rings is 1. The number of allylic oxidation sites excluding steroid dienone is 3. The zero-order chi connectivity index (χ0) is 23.2. The summed E-state index contributed by atoms with van der Waals surface area (Å²) in [5.41, 5.74) is 3.92. The Balaban J connectivity index is 1.47. The van der Waals surface area contributed by atoms with Crippen molar-refractivity contribution >= 4 is 35.4 Å². The molecular formula is C25H32N4O2S2. The van der Waals surface area contributed by atoms with Gasteiger partial charge in [0.1, 0.15) is 11.3 Å². The molecule has 2 aliphatic rings. The highest BCUT2D eigenvalue weighted by Gasteiger charge is 2.24. The summed E-state index contributed by atoms with van der Waals surface area (Å²) in [5, 5.41) is 7.69. The maximum Gasteiger partial charge on any atom is 0.319 e. The first-order chi connectivity index (χ1) is 16.1. The molecule has 1 aliphatic carbocycles. The molecule has 0 fully saturated rings. The Bertz CT molecular complexity index is 1050. The molecule has 3 heterocycles. The zero-order valence-electron chi connectivity index (χ0n) is 19.4. The van der Waals surface area contributed by atoms with Crippen LogP contribution in [0.1, 0.15) is 55.5 Å². The van der Waals surface area contributed by atoms with E-state index in [1.165, 1.54) is 55.7 Å². The van der Waals surface area contributed by atoms with E-state index in [0.717, 1.165) is 51.6 Å². The molecule has 176 valence electrons. The molecule has 4 rings (SSSR count). The van der Waals surface area contributed by atoms with E-state index in [9.17, 15) is 9.59 Å². The summed E-state index contributed by atoms with van der Waals surface area (Å²) in [7, 11) is 0. The molecule has 0 radical (unpaired) electrons. The van der Waals surface area contributed by atoms with Crippen molar-refractivity contribution in [3.05, 3.63) is 62.1 Å². The molecule has 0 saturated heterocycles. The average molecular weight is 485 g/mol. The van der Waals surface area contributed by atoms with Crippen molar-refractivity contribution in [2.24, 2.45) is 0 Å². The van der Waals surface area contributed by atoms with Gasteiger partial charge in [0.15, 0.2) is 0 Å². The Kier molecular flexibility index (Phi) is 8.11. The van der Waals surface area contributed by atoms with Gasteiger partial charge in [0.05, 0.1) is 5.03 Å². The van der Waals surface area contributed by atoms with E-state index in [1.807, 2.05) is 23.5 Å². The second-order valence-electron chi connectivity index (χ2n) is 8.48. The molecule has 2 N–H and O–H groups in total. The summed E-state index contributed by atoms with van der Waals surface area (Å²) in [6, 6.07) is 3.77. The van der Waals surface area contributed by atoms with Crippen molar-refractivity contribution in [2.45, 2.75) is 59.0 Å². The third kappa shape index (κ3) is 5.80. The van der Waals surface area contributed by atoms with Crippen LogP contribution in [0.25, 0.3) is 5.00 Å². The van der Waals surface area contributed by atoms with E-state index in [2.05, 4.69) is 46.3 Å². The third-order valence-corrected chi connectivity index (χ3v) is 8.84. The number of thioether (sulfide) groups is 1. The van der Waals surface area contributed by atoms with Crippen molar-refractivity contribution in [1.29, 1.82) is 0 Å². The van der Waals surface area contributed by atoms with Gasteiger partial charge in [-0.25, -0.2) is 4.79 Å². The molecule has 2 amide bonds. The zero-order valence-corrected chi connectivity index (χ0v) is 21.0. The lowest BCUT2D eigenvalue weighted by Gasteiger charge is -2.25. The fourth-order valence-corrected chi connectivity index (χ4v) is 6.86. The average Bonchev–Trinajstić information content (AvgIpc) is 3.46. The number of aldehydes is 1. The minimum atomic E-state index is -0.283. The molecule has 0 atom stereocenters. The molecule has 0 unspecified atom stereocenters. The van der Waals surface area contributed by atoms with Gasteiger partial charge in [-0.3, -0.25) is 9.69 Å². The predicted molar refractivity (Wildman–Crippen MR) is 137 cm³/mol. The van der Waals surface area contributed by atoms with Crippen LogP contribution in [0.15, 0.2) is 46.1 Å². The van der Waals surface area contributed by atoms with Gasteiger partial charge in [-0.2, -0.15) is 0 Å². The van der Waals surface area contributed by atoms with Crippen molar-refractivity contribution in [2.75, 3.05) is 13.1 Å². The summed E-state index contributed by atoms with van der Waals surface area (Å²) in [6.07, 6.45) is 11.7. The highest BCUT2D eigenvalue weighted by molar-refractivity contribution is 8.06. The molecule has 6 nitrogen and oxygen atoms in total. The van der Waals surface area contributed by atoms with Crippen molar-refractivity contribution < 1.29 is 9.59 Å². The Hall–Kier alpha value is -2.29. The number of carbonyl (C=O) groups excluding carboxylic acids is 2. The van der Waals surface area contributed by atoms with E-state index in [-0.39, 0.29) is 6.03 Å². The molecule has 2 aromatic heterocycles. The molecule has 1 aliphatic heterocycles. The molecule has 0 saturated carbocycles. The van der Waals surface area contributed by atoms with Crippen LogP contribution in [-0.4, -0.2) is 34.9 Å². The third-order valence-electron chi connectivity index (χ3n) is 6.31. The number of hydrogen-bond acceptors (Lipinski definition) is 5. The SMILES string of the molecule is CCN1CCc2c(sc(-n3cccc3)c2CNC(=O)N/C(=C\C=O)SC2=C(C)CCCC2)C1. The van der Waals surface area contributed by atoms with Gasteiger partial charge in [0.2, 0.25) is 0 Å². The Morgan fingerprint density at radius 3 is 2.73 bits per heavy atom. The number of aromatic nitrogens is 1. The van der Waals surface area contributed by atoms with Gasteiger partial charge in [-0.1, -0.05) is 24.3 Å². The van der Waals surface area contributed by atoms with Gasteiger partial charge in [0.25, 0.3) is 0 Å². The maximum absolute atomic E-state index is 12.8. The van der Waals surface area contributed by atoms with E-state index >= 15 is 0 Å². The second-order valence-corrected chi connectivity index (χ2v) is 10.7. The van der Waals surface area contributed by atoms with Crippen LogP contribution >= 0.6 is 23.1 Å². The van der Waals surface area contributed by atoms with Gasteiger partial charge < -0.3 is 15.2 Å². The molecule has 33 heavy (non-hydrogen) atoms. The number of nitrogens with zero attached hydrogens (tertiary/aromatic N) is 2. The van der Waals surface area contributed by atoms with Crippen LogP contribution in [0.3, 0.4) is 0 Å². The number of urea groups is 1. The first-order valence-corrected chi connectivity index (χ1v) is 13.3. The van der Waals surface area contributed by atoms with E-state index in [0.29, 0.717) is 11.6 Å². The van der Waals surface area contributed by atoms with Crippen LogP contribution < -0.4 is 10.6 Å². The van der Waals surface area contributed by atoms with Crippen molar-refractivity contribution in [3.63, 3.8) is 0 Å². The first-order valence-electron chi connectivity index (χ1n) is 11.6. The highest BCUT2D eigenvalue weighted by Crippen LogP contribution is 2.37.